The van der Waals surface area contributed by atoms with Crippen molar-refractivity contribution >= 4 is 0 Å². The van der Waals surface area contributed by atoms with Crippen molar-refractivity contribution in [1.82, 2.24) is 12.3 Å². The molecule has 0 atom stereocenters. The van der Waals surface area contributed by atoms with E-state index < -0.39 is 0 Å². The normalized spacial score (nSPS) is 10.4. The second-order valence-electron chi connectivity index (χ2n) is 4.49. The summed E-state index contributed by atoms with van der Waals surface area (Å²) in [5.41, 5.74) is 0.532. The van der Waals surface area contributed by atoms with Crippen LogP contribution in [0.2, 0.25) is 0 Å². The smallest absolute Gasteiger partial charge is 0.0383 e. The monoisotopic (exact) mass is 162 g/mol. The molecule has 0 aliphatic carbocycles. The van der Waals surface area contributed by atoms with Crippen LogP contribution in [0.1, 0.15) is 47.5 Å². The first kappa shape index (κ1) is 17.1. The van der Waals surface area contributed by atoms with Crippen molar-refractivity contribution in [1.29, 1.82) is 0 Å². The van der Waals surface area contributed by atoms with Crippen LogP contribution < -0.4 is 12.3 Å². The molecule has 6 N–H and O–H groups in total. The van der Waals surface area contributed by atoms with Gasteiger partial charge in [0.15, 0.2) is 0 Å². The summed E-state index contributed by atoms with van der Waals surface area (Å²) in [4.78, 5) is 0. The molecule has 72 valence electrons. The third kappa shape index (κ3) is 17.8. The van der Waals surface area contributed by atoms with Crippen LogP contribution in [-0.2, 0) is 0 Å². The fourth-order valence-electron chi connectivity index (χ4n) is 0.722. The summed E-state index contributed by atoms with van der Waals surface area (Å²) in [5.74, 6) is 0.865. The lowest BCUT2D eigenvalue weighted by Crippen LogP contribution is -2.05. The zero-order valence-corrected chi connectivity index (χ0v) is 8.91. The van der Waals surface area contributed by atoms with Gasteiger partial charge in [-0.1, -0.05) is 41.0 Å². The minimum atomic E-state index is 0. The van der Waals surface area contributed by atoms with Gasteiger partial charge in [0.25, 0.3) is 0 Å². The molecule has 0 spiro atoms. The Balaban J connectivity index is -0.000000320. The van der Waals surface area contributed by atoms with Crippen molar-refractivity contribution in [3.05, 3.63) is 0 Å². The Morgan fingerprint density at radius 1 is 1.00 bits per heavy atom. The Kier molecular flexibility index (Phi) is 10.3. The van der Waals surface area contributed by atoms with E-state index in [1.807, 2.05) is 0 Å². The largest absolute Gasteiger partial charge is 0.344 e. The zero-order chi connectivity index (χ0) is 7.49. The number of rotatable bonds is 2. The highest BCUT2D eigenvalue weighted by atomic mass is 14.2. The minimum Gasteiger partial charge on any atom is -0.344 e. The Morgan fingerprint density at radius 3 is 1.45 bits per heavy atom. The quantitative estimate of drug-likeness (QED) is 0.648. The van der Waals surface area contributed by atoms with E-state index >= 15 is 0 Å². The molecule has 0 fully saturated rings. The van der Waals surface area contributed by atoms with Crippen LogP contribution in [0.25, 0.3) is 0 Å². The summed E-state index contributed by atoms with van der Waals surface area (Å²) in [6.07, 6.45) is 2.72. The maximum absolute atomic E-state index is 2.30. The van der Waals surface area contributed by atoms with Crippen LogP contribution >= 0.6 is 0 Å². The molecule has 0 amide bonds. The maximum Gasteiger partial charge on any atom is -0.0383 e. The van der Waals surface area contributed by atoms with E-state index in [9.17, 15) is 0 Å². The molecule has 0 aromatic rings. The number of hydrogen-bond donors (Lipinski definition) is 2. The molecule has 0 rings (SSSR count). The highest BCUT2D eigenvalue weighted by molar-refractivity contribution is 4.61. The molecule has 0 unspecified atom stereocenters. The van der Waals surface area contributed by atoms with E-state index in [0.717, 1.165) is 5.92 Å². The Bertz CT molecular complexity index is 72.1. The van der Waals surface area contributed by atoms with Gasteiger partial charge in [-0.3, -0.25) is 0 Å². The fraction of sp³-hybridized carbons (Fsp3) is 1.00. The lowest BCUT2D eigenvalue weighted by atomic mass is 9.88. The lowest BCUT2D eigenvalue weighted by molar-refractivity contribution is 0.338. The fourth-order valence-corrected chi connectivity index (χ4v) is 0.722. The van der Waals surface area contributed by atoms with Crippen molar-refractivity contribution in [3.8, 4) is 0 Å². The summed E-state index contributed by atoms with van der Waals surface area (Å²) in [5, 5.41) is 0. The van der Waals surface area contributed by atoms with E-state index in [2.05, 4.69) is 34.6 Å². The van der Waals surface area contributed by atoms with Crippen molar-refractivity contribution in [2.45, 2.75) is 47.5 Å². The molecule has 11 heavy (non-hydrogen) atoms. The predicted octanol–water partition coefficient (Wildman–Crippen LogP) is 3.79. The predicted molar refractivity (Wildman–Crippen MR) is 53.6 cm³/mol. The van der Waals surface area contributed by atoms with Crippen molar-refractivity contribution in [2.24, 2.45) is 11.3 Å². The van der Waals surface area contributed by atoms with Crippen LogP contribution in [0.3, 0.4) is 0 Å². The summed E-state index contributed by atoms with van der Waals surface area (Å²) in [6.45, 7) is 11.5. The van der Waals surface area contributed by atoms with Gasteiger partial charge in [0.05, 0.1) is 0 Å². The van der Waals surface area contributed by atoms with E-state index in [-0.39, 0.29) is 12.3 Å². The second kappa shape index (κ2) is 6.62. The molecule has 0 aliphatic heterocycles. The summed E-state index contributed by atoms with van der Waals surface area (Å²) >= 11 is 0. The molecule has 0 saturated carbocycles. The van der Waals surface area contributed by atoms with E-state index in [4.69, 9.17) is 0 Å². The molecule has 0 aromatic carbocycles. The number of hydrogen-bond acceptors (Lipinski definition) is 2. The van der Waals surface area contributed by atoms with Gasteiger partial charge >= 0.3 is 0 Å². The average molecular weight is 162 g/mol. The second-order valence-corrected chi connectivity index (χ2v) is 4.49. The van der Waals surface area contributed by atoms with Gasteiger partial charge in [-0.05, 0) is 17.8 Å². The Labute approximate surface area is 71.9 Å². The summed E-state index contributed by atoms with van der Waals surface area (Å²) in [7, 11) is 0. The van der Waals surface area contributed by atoms with Gasteiger partial charge in [0.1, 0.15) is 0 Å². The highest BCUT2D eigenvalue weighted by Crippen LogP contribution is 2.22. The Hall–Kier alpha value is -0.0800. The topological polar surface area (TPSA) is 70.0 Å². The third-order valence-corrected chi connectivity index (χ3v) is 1.47. The van der Waals surface area contributed by atoms with Crippen molar-refractivity contribution < 1.29 is 0 Å². The van der Waals surface area contributed by atoms with Gasteiger partial charge in [-0.15, -0.1) is 0 Å². The van der Waals surface area contributed by atoms with Crippen LogP contribution in [0.4, 0.5) is 0 Å². The molecular formula is C9H26N2. The molecule has 0 radical (unpaired) electrons. The van der Waals surface area contributed by atoms with Gasteiger partial charge in [0, 0.05) is 0 Å². The molecule has 0 aromatic heterocycles. The van der Waals surface area contributed by atoms with Gasteiger partial charge in [0.2, 0.25) is 0 Å². The lowest BCUT2D eigenvalue weighted by Gasteiger charge is -2.18. The average Bonchev–Trinajstić information content (AvgIpc) is 1.59. The van der Waals surface area contributed by atoms with Gasteiger partial charge in [-0.25, -0.2) is 0 Å². The van der Waals surface area contributed by atoms with Crippen LogP contribution in [0, 0.1) is 11.3 Å². The first-order valence-corrected chi connectivity index (χ1v) is 3.92. The summed E-state index contributed by atoms with van der Waals surface area (Å²) in [6, 6.07) is 0. The molecule has 0 saturated heterocycles. The first-order valence-electron chi connectivity index (χ1n) is 3.92. The first-order chi connectivity index (χ1) is 3.92. The molecule has 2 heteroatoms. The van der Waals surface area contributed by atoms with E-state index in [1.54, 1.807) is 0 Å². The SMILES string of the molecule is CC(C)CCC(C)(C)C.N.N. The zero-order valence-electron chi connectivity index (χ0n) is 8.91. The van der Waals surface area contributed by atoms with Crippen LogP contribution in [-0.4, -0.2) is 0 Å². The molecular weight excluding hydrogens is 136 g/mol. The minimum absolute atomic E-state index is 0. The van der Waals surface area contributed by atoms with E-state index in [1.165, 1.54) is 12.8 Å². The van der Waals surface area contributed by atoms with Gasteiger partial charge in [-0.2, -0.15) is 0 Å². The third-order valence-electron chi connectivity index (χ3n) is 1.47. The molecule has 0 heterocycles. The van der Waals surface area contributed by atoms with Crippen LogP contribution in [0.15, 0.2) is 0 Å². The molecule has 2 nitrogen and oxygen atoms in total. The van der Waals surface area contributed by atoms with Crippen molar-refractivity contribution in [2.75, 3.05) is 0 Å². The highest BCUT2D eigenvalue weighted by Gasteiger charge is 2.09. The standard InChI is InChI=1S/C9H20.2H3N/c1-8(2)6-7-9(3,4)5;;/h8H,6-7H2,1-5H3;2*1H3. The summed E-state index contributed by atoms with van der Waals surface area (Å²) < 4.78 is 0. The van der Waals surface area contributed by atoms with Crippen LogP contribution in [0.5, 0.6) is 0 Å². The van der Waals surface area contributed by atoms with E-state index in [0.29, 0.717) is 5.41 Å². The molecule has 0 bridgehead atoms. The Morgan fingerprint density at radius 2 is 1.36 bits per heavy atom. The van der Waals surface area contributed by atoms with Gasteiger partial charge < -0.3 is 12.3 Å². The van der Waals surface area contributed by atoms with Crippen molar-refractivity contribution in [3.63, 3.8) is 0 Å². The maximum atomic E-state index is 2.30. The molecule has 0 aliphatic rings.